The summed E-state index contributed by atoms with van der Waals surface area (Å²) in [7, 11) is -4.39. The monoisotopic (exact) mass is 558 g/mol. The van der Waals surface area contributed by atoms with Crippen LogP contribution in [0.5, 0.6) is 0 Å². The van der Waals surface area contributed by atoms with Crippen LogP contribution in [0.2, 0.25) is 0 Å². The highest BCUT2D eigenvalue weighted by atomic mass is 32.2. The van der Waals surface area contributed by atoms with Crippen LogP contribution in [-0.4, -0.2) is 36.0 Å². The van der Waals surface area contributed by atoms with Crippen LogP contribution in [0.25, 0.3) is 0 Å². The normalized spacial score (nSPS) is 12.7. The van der Waals surface area contributed by atoms with Crippen molar-refractivity contribution in [2.24, 2.45) is 0 Å². The number of rotatable bonds is 13. The molecule has 3 rings (SSSR count). The third-order valence-electron chi connectivity index (χ3n) is 5.41. The van der Waals surface area contributed by atoms with Gasteiger partial charge >= 0.3 is 16.4 Å². The first-order valence-electron chi connectivity index (χ1n) is 11.9. The van der Waals surface area contributed by atoms with Crippen molar-refractivity contribution >= 4 is 39.3 Å². The molecule has 0 radical (unpaired) electrons. The average Bonchev–Trinajstić information content (AvgIpc) is 3.33. The van der Waals surface area contributed by atoms with Gasteiger partial charge in [0.2, 0.25) is 5.91 Å². The zero-order chi connectivity index (χ0) is 27.5. The molecule has 1 aromatic heterocycles. The minimum absolute atomic E-state index is 0.198. The van der Waals surface area contributed by atoms with Gasteiger partial charge in [-0.2, -0.15) is 8.42 Å². The number of carbonyl (C=O) groups excluding carboxylic acids is 2. The van der Waals surface area contributed by atoms with E-state index >= 15 is 0 Å². The average molecular weight is 559 g/mol. The molecule has 0 aliphatic carbocycles. The van der Waals surface area contributed by atoms with Gasteiger partial charge in [0.25, 0.3) is 0 Å². The summed E-state index contributed by atoms with van der Waals surface area (Å²) in [5.74, 6) is -0.420. The van der Waals surface area contributed by atoms with Gasteiger partial charge in [-0.3, -0.25) is 14.1 Å². The number of ether oxygens (including phenoxy) is 1. The quantitative estimate of drug-likeness (QED) is 0.182. The number of thiazole rings is 1. The number of anilines is 1. The molecule has 4 N–H and O–H groups in total. The number of aromatic nitrogens is 1. The van der Waals surface area contributed by atoms with Gasteiger partial charge < -0.3 is 15.4 Å². The van der Waals surface area contributed by atoms with E-state index in [0.29, 0.717) is 11.4 Å². The maximum atomic E-state index is 13.5. The maximum Gasteiger partial charge on any atom is 0.412 e. The smallest absolute Gasteiger partial charge is 0.412 e. The highest BCUT2D eigenvalue weighted by Crippen LogP contribution is 2.24. The molecular formula is C26H30N4O6S2. The first kappa shape index (κ1) is 28.8. The predicted octanol–water partition coefficient (Wildman–Crippen LogP) is 4.19. The molecule has 0 aliphatic rings. The van der Waals surface area contributed by atoms with E-state index in [1.165, 1.54) is 23.5 Å². The summed E-state index contributed by atoms with van der Waals surface area (Å²) in [4.78, 5) is 30.3. The second-order valence-electron chi connectivity index (χ2n) is 8.43. The lowest BCUT2D eigenvalue weighted by Crippen LogP contribution is -2.49. The lowest BCUT2D eigenvalue weighted by molar-refractivity contribution is -0.123. The molecule has 202 valence electrons. The summed E-state index contributed by atoms with van der Waals surface area (Å²) >= 11 is 1.43. The van der Waals surface area contributed by atoms with Crippen LogP contribution in [0.15, 0.2) is 72.8 Å². The molecule has 0 unspecified atom stereocenters. The Morgan fingerprint density at radius 1 is 1.08 bits per heavy atom. The number of hydrogen-bond acceptors (Lipinski definition) is 7. The molecule has 2 atom stereocenters. The predicted molar refractivity (Wildman–Crippen MR) is 146 cm³/mol. The van der Waals surface area contributed by atoms with Crippen molar-refractivity contribution in [2.45, 2.75) is 44.7 Å². The van der Waals surface area contributed by atoms with E-state index in [2.05, 4.69) is 24.1 Å². The van der Waals surface area contributed by atoms with Crippen LogP contribution < -0.4 is 15.4 Å². The molecule has 0 spiro atoms. The van der Waals surface area contributed by atoms with Crippen molar-refractivity contribution < 1.29 is 27.3 Å². The topological polar surface area (TPSA) is 147 Å². The second-order valence-corrected chi connectivity index (χ2v) is 10.5. The number of nitrogens with zero attached hydrogens (tertiary/aromatic N) is 1. The van der Waals surface area contributed by atoms with Crippen LogP contribution in [0.4, 0.5) is 10.5 Å². The molecule has 1 heterocycles. The molecule has 0 fully saturated rings. The Hall–Kier alpha value is -3.74. The number of carbonyl (C=O) groups is 2. The van der Waals surface area contributed by atoms with E-state index in [1.807, 2.05) is 40.4 Å². The Morgan fingerprint density at radius 3 is 2.39 bits per heavy atom. The molecule has 10 nitrogen and oxygen atoms in total. The summed E-state index contributed by atoms with van der Waals surface area (Å²) in [6.45, 7) is 5.43. The molecule has 2 aromatic carbocycles. The van der Waals surface area contributed by atoms with Crippen molar-refractivity contribution in [1.82, 2.24) is 15.6 Å². The Kier molecular flexibility index (Phi) is 10.4. The molecule has 0 saturated carbocycles. The fraction of sp³-hybridized carbons (Fsp3) is 0.269. The fourth-order valence-corrected chi connectivity index (χ4v) is 5.07. The van der Waals surface area contributed by atoms with Gasteiger partial charge in [0, 0.05) is 11.8 Å². The molecule has 0 aliphatic heterocycles. The number of aryl methyl sites for hydroxylation is 1. The largest absolute Gasteiger partial charge is 0.419 e. The van der Waals surface area contributed by atoms with Crippen LogP contribution in [0, 0.1) is 0 Å². The van der Waals surface area contributed by atoms with Gasteiger partial charge in [0.1, 0.15) is 11.0 Å². The lowest BCUT2D eigenvalue weighted by atomic mass is 10.0. The second kappa shape index (κ2) is 13.7. The number of hydrogen-bond donors (Lipinski definition) is 4. The molecule has 2 amide bonds. The van der Waals surface area contributed by atoms with Crippen molar-refractivity contribution in [2.75, 3.05) is 4.72 Å². The van der Waals surface area contributed by atoms with Gasteiger partial charge in [-0.1, -0.05) is 62.4 Å². The van der Waals surface area contributed by atoms with Crippen LogP contribution >= 0.6 is 11.3 Å². The SMILES string of the molecule is C=COC(=O)N[C@@H](Cc1ccccc1)C(=O)N[C@@H](Cc1ccc(NS(=O)(=O)O)cc1)c1nc(CCC)cs1. The van der Waals surface area contributed by atoms with E-state index < -0.39 is 34.4 Å². The zero-order valence-electron chi connectivity index (χ0n) is 20.8. The van der Waals surface area contributed by atoms with Crippen LogP contribution in [-0.2, 0) is 39.1 Å². The van der Waals surface area contributed by atoms with Gasteiger partial charge in [0.05, 0.1) is 23.7 Å². The van der Waals surface area contributed by atoms with Crippen LogP contribution in [0.1, 0.15) is 41.2 Å². The fourth-order valence-electron chi connectivity index (χ4n) is 3.73. The Labute approximate surface area is 226 Å². The molecular weight excluding hydrogens is 528 g/mol. The third kappa shape index (κ3) is 9.29. The number of amides is 2. The van der Waals surface area contributed by atoms with Gasteiger partial charge in [-0.05, 0) is 36.1 Å². The molecule has 0 saturated heterocycles. The van der Waals surface area contributed by atoms with E-state index in [0.717, 1.165) is 35.9 Å². The summed E-state index contributed by atoms with van der Waals surface area (Å²) < 4.78 is 37.9. The molecule has 12 heteroatoms. The van der Waals surface area contributed by atoms with Crippen molar-refractivity contribution in [3.8, 4) is 0 Å². The minimum Gasteiger partial charge on any atom is -0.419 e. The number of benzene rings is 2. The molecule has 3 aromatic rings. The Balaban J connectivity index is 1.84. The van der Waals surface area contributed by atoms with Crippen molar-refractivity contribution in [1.29, 1.82) is 0 Å². The third-order valence-corrected chi connectivity index (χ3v) is 6.91. The van der Waals surface area contributed by atoms with Crippen molar-refractivity contribution in [3.05, 3.63) is 94.6 Å². The molecule has 38 heavy (non-hydrogen) atoms. The van der Waals surface area contributed by atoms with E-state index in [4.69, 9.17) is 14.3 Å². The maximum absolute atomic E-state index is 13.5. The first-order valence-corrected chi connectivity index (χ1v) is 14.2. The summed E-state index contributed by atoms with van der Waals surface area (Å²) in [6, 6.07) is 14.2. The molecule has 0 bridgehead atoms. The van der Waals surface area contributed by atoms with Gasteiger partial charge in [0.15, 0.2) is 0 Å². The number of nitrogens with one attached hydrogen (secondary N) is 3. The van der Waals surface area contributed by atoms with Gasteiger partial charge in [-0.25, -0.2) is 9.78 Å². The van der Waals surface area contributed by atoms with E-state index in [-0.39, 0.29) is 12.1 Å². The zero-order valence-corrected chi connectivity index (χ0v) is 22.4. The standard InChI is InChI=1S/C26H30N4O6S2/c1-3-8-21-17-37-25(27-21)23(16-19-11-13-20(14-12-19)30-38(33,34)35)28-24(31)22(29-26(32)36-4-2)15-18-9-6-5-7-10-18/h4-7,9-14,17,22-23,30H,2-3,8,15-16H2,1H3,(H,28,31)(H,29,32)(H,33,34,35)/t22-,23-/m0/s1. The number of alkyl carbamates (subject to hydrolysis) is 1. The first-order chi connectivity index (χ1) is 18.2. The van der Waals surface area contributed by atoms with Gasteiger partial charge in [-0.15, -0.1) is 11.3 Å². The highest BCUT2D eigenvalue weighted by Gasteiger charge is 2.26. The lowest BCUT2D eigenvalue weighted by Gasteiger charge is -2.22. The summed E-state index contributed by atoms with van der Waals surface area (Å²) in [6.07, 6.45) is 2.51. The summed E-state index contributed by atoms with van der Waals surface area (Å²) in [5.41, 5.74) is 2.77. The minimum atomic E-state index is -4.39. The Morgan fingerprint density at radius 2 is 1.76 bits per heavy atom. The van der Waals surface area contributed by atoms with Crippen LogP contribution in [0.3, 0.4) is 0 Å². The van der Waals surface area contributed by atoms with E-state index in [1.54, 1.807) is 12.1 Å². The Bertz CT molecular complexity index is 1330. The van der Waals surface area contributed by atoms with Crippen molar-refractivity contribution in [3.63, 3.8) is 0 Å². The summed E-state index contributed by atoms with van der Waals surface area (Å²) in [5, 5.41) is 8.27. The highest BCUT2D eigenvalue weighted by molar-refractivity contribution is 7.87. The van der Waals surface area contributed by atoms with E-state index in [9.17, 15) is 18.0 Å².